The molecule has 0 aliphatic rings. The number of hydrogen-bond acceptors (Lipinski definition) is 5. The zero-order valence-corrected chi connectivity index (χ0v) is 18.9. The molecule has 0 spiro atoms. The van der Waals surface area contributed by atoms with Crippen molar-refractivity contribution in [2.75, 3.05) is 11.9 Å². The van der Waals surface area contributed by atoms with Crippen molar-refractivity contribution >= 4 is 28.5 Å². The molecule has 0 bridgehead atoms. The molecule has 11 heteroatoms. The third kappa shape index (κ3) is 5.74. The molecule has 4 aromatic rings. The van der Waals surface area contributed by atoms with E-state index < -0.39 is 30.9 Å². The molecule has 36 heavy (non-hydrogen) atoms. The molecule has 0 radical (unpaired) electrons. The Morgan fingerprint density at radius 2 is 1.83 bits per heavy atom. The molecule has 186 valence electrons. The summed E-state index contributed by atoms with van der Waals surface area (Å²) in [5.74, 6) is -1.86. The van der Waals surface area contributed by atoms with E-state index in [0.29, 0.717) is 33.5 Å². The third-order valence-corrected chi connectivity index (χ3v) is 5.19. The van der Waals surface area contributed by atoms with E-state index in [0.717, 1.165) is 0 Å². The van der Waals surface area contributed by atoms with Gasteiger partial charge in [0.25, 0.3) is 5.91 Å². The van der Waals surface area contributed by atoms with Crippen LogP contribution >= 0.6 is 0 Å². The Bertz CT molecular complexity index is 1420. The average Bonchev–Trinajstić information content (AvgIpc) is 3.16. The van der Waals surface area contributed by atoms with Crippen molar-refractivity contribution < 1.29 is 37.3 Å². The van der Waals surface area contributed by atoms with Crippen LogP contribution in [0.3, 0.4) is 0 Å². The standard InChI is InChI=1S/C25H20F3N3O5/c1-14-10-17(5-9-21(14)35-13-22(32)33)29-24(34)23-19-11-16(26)4-8-20(19)31(30-23)12-15-2-6-18(7-3-15)36-25(27)28/h2-11,25H,12-13H2,1H3,(H,29,34)(H,32,33). The molecule has 8 nitrogen and oxygen atoms in total. The van der Waals surface area contributed by atoms with Gasteiger partial charge in [-0.15, -0.1) is 0 Å². The van der Waals surface area contributed by atoms with Crippen molar-refractivity contribution in [1.29, 1.82) is 0 Å². The second-order valence-electron chi connectivity index (χ2n) is 7.81. The highest BCUT2D eigenvalue weighted by Crippen LogP contribution is 2.25. The maximum absolute atomic E-state index is 14.0. The molecule has 4 rings (SSSR count). The van der Waals surface area contributed by atoms with Crippen LogP contribution < -0.4 is 14.8 Å². The van der Waals surface area contributed by atoms with E-state index >= 15 is 0 Å². The number of halogens is 3. The summed E-state index contributed by atoms with van der Waals surface area (Å²) in [7, 11) is 0. The van der Waals surface area contributed by atoms with Crippen molar-refractivity contribution in [3.8, 4) is 11.5 Å². The smallest absolute Gasteiger partial charge is 0.387 e. The summed E-state index contributed by atoms with van der Waals surface area (Å²) in [6.45, 7) is -1.54. The summed E-state index contributed by atoms with van der Waals surface area (Å²) in [5.41, 5.74) is 2.21. The van der Waals surface area contributed by atoms with Crippen molar-refractivity contribution in [2.24, 2.45) is 0 Å². The van der Waals surface area contributed by atoms with Crippen LogP contribution in [0.2, 0.25) is 0 Å². The highest BCUT2D eigenvalue weighted by Gasteiger charge is 2.19. The molecule has 3 aromatic carbocycles. The van der Waals surface area contributed by atoms with E-state index in [9.17, 15) is 22.8 Å². The Morgan fingerprint density at radius 3 is 2.50 bits per heavy atom. The minimum absolute atomic E-state index is 0.00832. The normalized spacial score (nSPS) is 11.0. The number of carboxylic acid groups (broad SMARTS) is 1. The van der Waals surface area contributed by atoms with Crippen molar-refractivity contribution in [3.05, 3.63) is 83.3 Å². The van der Waals surface area contributed by atoms with Gasteiger partial charge in [0.05, 0.1) is 12.1 Å². The van der Waals surface area contributed by atoms with E-state index in [1.54, 1.807) is 31.2 Å². The van der Waals surface area contributed by atoms with Crippen LogP contribution in [0.25, 0.3) is 10.9 Å². The summed E-state index contributed by atoms with van der Waals surface area (Å²) in [6, 6.07) is 14.6. The lowest BCUT2D eigenvalue weighted by Crippen LogP contribution is -2.14. The van der Waals surface area contributed by atoms with Crippen LogP contribution in [-0.4, -0.2) is 40.0 Å². The van der Waals surface area contributed by atoms with Gasteiger partial charge in [0.2, 0.25) is 0 Å². The molecule has 1 heterocycles. The first-order valence-electron chi connectivity index (χ1n) is 10.7. The minimum atomic E-state index is -2.93. The lowest BCUT2D eigenvalue weighted by Gasteiger charge is -2.10. The molecule has 0 aliphatic heterocycles. The summed E-state index contributed by atoms with van der Waals surface area (Å²) in [6.07, 6.45) is 0. The van der Waals surface area contributed by atoms with Crippen LogP contribution in [0.4, 0.5) is 18.9 Å². The molecular formula is C25H20F3N3O5. The van der Waals surface area contributed by atoms with Gasteiger partial charge in [-0.2, -0.15) is 13.9 Å². The quantitative estimate of drug-likeness (QED) is 0.341. The molecule has 1 aromatic heterocycles. The number of aryl methyl sites for hydroxylation is 1. The molecule has 0 saturated heterocycles. The zero-order valence-electron chi connectivity index (χ0n) is 18.9. The second-order valence-corrected chi connectivity index (χ2v) is 7.81. The number of nitrogens with one attached hydrogen (secondary N) is 1. The number of rotatable bonds is 9. The summed E-state index contributed by atoms with van der Waals surface area (Å²) in [4.78, 5) is 23.8. The topological polar surface area (TPSA) is 103 Å². The number of carbonyl (C=O) groups excluding carboxylic acids is 1. The lowest BCUT2D eigenvalue weighted by atomic mass is 10.1. The van der Waals surface area contributed by atoms with Crippen molar-refractivity contribution in [3.63, 3.8) is 0 Å². The fourth-order valence-corrected chi connectivity index (χ4v) is 3.61. The van der Waals surface area contributed by atoms with E-state index in [4.69, 9.17) is 9.84 Å². The van der Waals surface area contributed by atoms with Crippen LogP contribution in [0, 0.1) is 12.7 Å². The van der Waals surface area contributed by atoms with Crippen LogP contribution in [-0.2, 0) is 11.3 Å². The number of hydrogen-bond donors (Lipinski definition) is 2. The van der Waals surface area contributed by atoms with E-state index in [1.165, 1.54) is 41.1 Å². The number of aliphatic carboxylic acids is 1. The molecular weight excluding hydrogens is 479 g/mol. The molecule has 0 saturated carbocycles. The van der Waals surface area contributed by atoms with E-state index in [-0.39, 0.29) is 18.0 Å². The van der Waals surface area contributed by atoms with E-state index in [2.05, 4.69) is 15.2 Å². The van der Waals surface area contributed by atoms with Gasteiger partial charge in [-0.25, -0.2) is 9.18 Å². The van der Waals surface area contributed by atoms with Crippen molar-refractivity contribution in [2.45, 2.75) is 20.1 Å². The van der Waals surface area contributed by atoms with Crippen LogP contribution in [0.15, 0.2) is 60.7 Å². The first-order valence-corrected chi connectivity index (χ1v) is 10.7. The first-order chi connectivity index (χ1) is 17.2. The number of ether oxygens (including phenoxy) is 2. The fraction of sp³-hybridized carbons (Fsp3) is 0.160. The van der Waals surface area contributed by atoms with Gasteiger partial charge in [-0.05, 0) is 66.6 Å². The number of nitrogens with zero attached hydrogens (tertiary/aromatic N) is 2. The number of aromatic nitrogens is 2. The molecule has 2 N–H and O–H groups in total. The second kappa shape index (κ2) is 10.4. The Hall–Kier alpha value is -4.54. The molecule has 0 fully saturated rings. The molecule has 1 amide bonds. The largest absolute Gasteiger partial charge is 0.482 e. The SMILES string of the molecule is Cc1cc(NC(=O)c2nn(Cc3ccc(OC(F)F)cc3)c3ccc(F)cc23)ccc1OCC(=O)O. The highest BCUT2D eigenvalue weighted by atomic mass is 19.3. The van der Waals surface area contributed by atoms with E-state index in [1.807, 2.05) is 0 Å². The predicted octanol–water partition coefficient (Wildman–Crippen LogP) is 4.85. The third-order valence-electron chi connectivity index (χ3n) is 5.19. The Kier molecular flexibility index (Phi) is 7.09. The van der Waals surface area contributed by atoms with Gasteiger partial charge < -0.3 is 19.9 Å². The zero-order chi connectivity index (χ0) is 25.8. The van der Waals surface area contributed by atoms with Gasteiger partial charge >= 0.3 is 12.6 Å². The monoisotopic (exact) mass is 499 g/mol. The van der Waals surface area contributed by atoms with Gasteiger partial charge in [-0.3, -0.25) is 9.48 Å². The number of alkyl halides is 2. The summed E-state index contributed by atoms with van der Waals surface area (Å²) >= 11 is 0. The maximum Gasteiger partial charge on any atom is 0.387 e. The Balaban J connectivity index is 1.58. The summed E-state index contributed by atoms with van der Waals surface area (Å²) in [5, 5.41) is 16.1. The Morgan fingerprint density at radius 1 is 1.08 bits per heavy atom. The number of carbonyl (C=O) groups is 2. The lowest BCUT2D eigenvalue weighted by molar-refractivity contribution is -0.139. The van der Waals surface area contributed by atoms with Gasteiger partial charge in [-0.1, -0.05) is 12.1 Å². The minimum Gasteiger partial charge on any atom is -0.482 e. The van der Waals surface area contributed by atoms with Crippen molar-refractivity contribution in [1.82, 2.24) is 9.78 Å². The molecule has 0 aliphatic carbocycles. The van der Waals surface area contributed by atoms with Crippen LogP contribution in [0.5, 0.6) is 11.5 Å². The van der Waals surface area contributed by atoms with Gasteiger partial charge in [0.1, 0.15) is 17.3 Å². The number of amides is 1. The number of anilines is 1. The number of carboxylic acids is 1. The maximum atomic E-state index is 14.0. The number of benzene rings is 3. The predicted molar refractivity (Wildman–Crippen MR) is 124 cm³/mol. The fourth-order valence-electron chi connectivity index (χ4n) is 3.61. The highest BCUT2D eigenvalue weighted by molar-refractivity contribution is 6.11. The average molecular weight is 499 g/mol. The number of fused-ring (bicyclic) bond motifs is 1. The summed E-state index contributed by atoms with van der Waals surface area (Å²) < 4.78 is 49.8. The van der Waals surface area contributed by atoms with Gasteiger partial charge in [0, 0.05) is 11.1 Å². The van der Waals surface area contributed by atoms with Crippen LogP contribution in [0.1, 0.15) is 21.6 Å². The molecule has 0 atom stereocenters. The van der Waals surface area contributed by atoms with Gasteiger partial charge in [0.15, 0.2) is 12.3 Å². The Labute approximate surface area is 202 Å². The molecule has 0 unspecified atom stereocenters. The first kappa shape index (κ1) is 24.6.